The predicted molar refractivity (Wildman–Crippen MR) is 189 cm³/mol. The molecule has 1 saturated carbocycles. The number of fused-ring (bicyclic) bond motifs is 1. The van der Waals surface area contributed by atoms with Gasteiger partial charge in [-0.15, -0.1) is 0 Å². The van der Waals surface area contributed by atoms with E-state index in [-0.39, 0.29) is 5.41 Å². The Labute approximate surface area is 272 Å². The summed E-state index contributed by atoms with van der Waals surface area (Å²) in [6.45, 7) is 0. The van der Waals surface area contributed by atoms with Gasteiger partial charge < -0.3 is 0 Å². The quantitative estimate of drug-likeness (QED) is 0.195. The standard InChI is InChI=1S/C43H39N3/c1-4-12-32(13-5-1)39-30-40(33-14-6-2-7-15-33)46-42(45-39)35-21-25-37(26-22-35)43(27-8-3-9-28-43)36-23-19-31(20-24-36)38-18-10-16-34-17-11-29-44-41(34)38/h1,4-6,11-15,17-26,29-30H,2-3,7-10,16,27-28H2. The van der Waals surface area contributed by atoms with Gasteiger partial charge in [-0.1, -0.05) is 128 Å². The second-order valence-corrected chi connectivity index (χ2v) is 12.9. The van der Waals surface area contributed by atoms with Gasteiger partial charge in [0.05, 0.1) is 17.1 Å². The van der Waals surface area contributed by atoms with Gasteiger partial charge in [0.2, 0.25) is 0 Å². The number of aryl methyl sites for hydroxylation is 1. The van der Waals surface area contributed by atoms with E-state index in [1.54, 1.807) is 0 Å². The van der Waals surface area contributed by atoms with E-state index >= 15 is 0 Å². The minimum Gasteiger partial charge on any atom is -0.256 e. The zero-order chi connectivity index (χ0) is 30.8. The van der Waals surface area contributed by atoms with Crippen LogP contribution in [-0.4, -0.2) is 15.0 Å². The van der Waals surface area contributed by atoms with E-state index in [9.17, 15) is 0 Å². The summed E-state index contributed by atoms with van der Waals surface area (Å²) in [5.74, 6) is 0.777. The first-order valence-electron chi connectivity index (χ1n) is 16.9. The lowest BCUT2D eigenvalue weighted by Crippen LogP contribution is -2.30. The van der Waals surface area contributed by atoms with E-state index in [2.05, 4.69) is 121 Å². The smallest absolute Gasteiger partial charge is 0.160 e. The number of hydrogen-bond acceptors (Lipinski definition) is 3. The molecular weight excluding hydrogens is 558 g/mol. The third kappa shape index (κ3) is 5.45. The first-order valence-corrected chi connectivity index (χ1v) is 16.9. The van der Waals surface area contributed by atoms with Gasteiger partial charge in [0.1, 0.15) is 0 Å². The van der Waals surface area contributed by atoms with Crippen molar-refractivity contribution in [3.05, 3.63) is 161 Å². The van der Waals surface area contributed by atoms with Crippen molar-refractivity contribution in [3.63, 3.8) is 0 Å². The number of hydrogen-bond donors (Lipinski definition) is 0. The highest BCUT2D eigenvalue weighted by Gasteiger charge is 2.36. The maximum absolute atomic E-state index is 5.10. The fourth-order valence-electron chi connectivity index (χ4n) is 7.70. The fraction of sp³-hybridized carbons (Fsp3) is 0.233. The second-order valence-electron chi connectivity index (χ2n) is 12.9. The molecule has 0 radical (unpaired) electrons. The van der Waals surface area contributed by atoms with Crippen LogP contribution < -0.4 is 0 Å². The van der Waals surface area contributed by atoms with Crippen molar-refractivity contribution in [3.8, 4) is 22.6 Å². The van der Waals surface area contributed by atoms with Crippen molar-refractivity contribution < 1.29 is 0 Å². The van der Waals surface area contributed by atoms with E-state index in [0.29, 0.717) is 0 Å². The average molecular weight is 598 g/mol. The number of nitrogens with zero attached hydrogens (tertiary/aromatic N) is 3. The summed E-state index contributed by atoms with van der Waals surface area (Å²) < 4.78 is 0. The number of aromatic nitrogens is 3. The first kappa shape index (κ1) is 28.6. The van der Waals surface area contributed by atoms with Crippen LogP contribution in [0.2, 0.25) is 0 Å². The third-order valence-electron chi connectivity index (χ3n) is 10.1. The number of benzene rings is 3. The number of rotatable bonds is 6. The zero-order valence-corrected chi connectivity index (χ0v) is 26.3. The lowest BCUT2D eigenvalue weighted by atomic mass is 9.65. The van der Waals surface area contributed by atoms with Gasteiger partial charge in [-0.05, 0) is 78.5 Å². The van der Waals surface area contributed by atoms with E-state index in [0.717, 1.165) is 59.7 Å². The van der Waals surface area contributed by atoms with Crippen molar-refractivity contribution in [2.24, 2.45) is 0 Å². The van der Waals surface area contributed by atoms with Crippen molar-refractivity contribution in [1.82, 2.24) is 15.0 Å². The van der Waals surface area contributed by atoms with Gasteiger partial charge in [-0.25, -0.2) is 9.97 Å². The maximum atomic E-state index is 5.10. The highest BCUT2D eigenvalue weighted by Crippen LogP contribution is 2.46. The molecule has 3 aromatic carbocycles. The first-order chi connectivity index (χ1) is 22.8. The summed E-state index contributed by atoms with van der Waals surface area (Å²) >= 11 is 0. The summed E-state index contributed by atoms with van der Waals surface area (Å²) in [5.41, 5.74) is 13.1. The van der Waals surface area contributed by atoms with Gasteiger partial charge in [0.25, 0.3) is 0 Å². The van der Waals surface area contributed by atoms with Gasteiger partial charge >= 0.3 is 0 Å². The minimum absolute atomic E-state index is 0.0159. The minimum atomic E-state index is 0.0159. The molecule has 0 aliphatic heterocycles. The van der Waals surface area contributed by atoms with Gasteiger partial charge in [0.15, 0.2) is 5.82 Å². The molecule has 3 nitrogen and oxygen atoms in total. The van der Waals surface area contributed by atoms with Gasteiger partial charge in [-0.3, -0.25) is 4.98 Å². The topological polar surface area (TPSA) is 38.7 Å². The maximum Gasteiger partial charge on any atom is 0.160 e. The normalized spacial score (nSPS) is 17.1. The van der Waals surface area contributed by atoms with Gasteiger partial charge in [-0.2, -0.15) is 0 Å². The zero-order valence-electron chi connectivity index (χ0n) is 26.3. The molecule has 0 atom stereocenters. The third-order valence-corrected chi connectivity index (χ3v) is 10.1. The van der Waals surface area contributed by atoms with Crippen LogP contribution in [0.5, 0.6) is 0 Å². The lowest BCUT2D eigenvalue weighted by molar-refractivity contribution is 0.346. The largest absolute Gasteiger partial charge is 0.256 e. The van der Waals surface area contributed by atoms with Crippen LogP contribution in [0.25, 0.3) is 33.8 Å². The van der Waals surface area contributed by atoms with E-state index < -0.39 is 0 Å². The SMILES string of the molecule is C1=CC(c2cc(-c3ccccc3)nc(-c3ccc(C4(c5ccc(C6=CCCc7cccnc76)cc5)CCCCC4)cc3)n2)=CCC1. The molecule has 3 heteroatoms. The highest BCUT2D eigenvalue weighted by atomic mass is 14.9. The van der Waals surface area contributed by atoms with Crippen molar-refractivity contribution in [2.75, 3.05) is 0 Å². The summed E-state index contributed by atoms with van der Waals surface area (Å²) in [6, 6.07) is 35.5. The molecule has 0 amide bonds. The molecule has 2 aromatic heterocycles. The van der Waals surface area contributed by atoms with Crippen LogP contribution >= 0.6 is 0 Å². The van der Waals surface area contributed by atoms with Crippen molar-refractivity contribution in [1.29, 1.82) is 0 Å². The molecule has 46 heavy (non-hydrogen) atoms. The van der Waals surface area contributed by atoms with Crippen LogP contribution in [0.4, 0.5) is 0 Å². The van der Waals surface area contributed by atoms with Crippen LogP contribution in [0.3, 0.4) is 0 Å². The van der Waals surface area contributed by atoms with Crippen molar-refractivity contribution >= 4 is 11.1 Å². The molecular formula is C43H39N3. The van der Waals surface area contributed by atoms with E-state index in [1.807, 2.05) is 6.20 Å². The number of allylic oxidation sites excluding steroid dienone is 5. The molecule has 2 heterocycles. The van der Waals surface area contributed by atoms with Crippen LogP contribution in [0.15, 0.2) is 128 Å². The van der Waals surface area contributed by atoms with E-state index in [1.165, 1.54) is 65.5 Å². The Morgan fingerprint density at radius 3 is 2.07 bits per heavy atom. The molecule has 0 bridgehead atoms. The average Bonchev–Trinajstić information content (AvgIpc) is 3.15. The molecule has 0 spiro atoms. The Balaban J connectivity index is 1.14. The summed E-state index contributed by atoms with van der Waals surface area (Å²) in [6.07, 6.45) is 21.4. The Bertz CT molecular complexity index is 1940. The lowest BCUT2D eigenvalue weighted by Gasteiger charge is -2.39. The monoisotopic (exact) mass is 597 g/mol. The molecule has 5 aromatic rings. The van der Waals surface area contributed by atoms with Crippen LogP contribution in [-0.2, 0) is 11.8 Å². The summed E-state index contributed by atoms with van der Waals surface area (Å²) in [5, 5.41) is 0. The van der Waals surface area contributed by atoms with E-state index in [4.69, 9.17) is 15.0 Å². The molecule has 0 saturated heterocycles. The summed E-state index contributed by atoms with van der Waals surface area (Å²) in [4.78, 5) is 14.9. The molecule has 8 rings (SSSR count). The van der Waals surface area contributed by atoms with Crippen LogP contribution in [0.1, 0.15) is 85.0 Å². The van der Waals surface area contributed by atoms with Crippen molar-refractivity contribution in [2.45, 2.75) is 63.2 Å². The molecule has 3 aliphatic rings. The molecule has 226 valence electrons. The summed E-state index contributed by atoms with van der Waals surface area (Å²) in [7, 11) is 0. The molecule has 0 unspecified atom stereocenters. The Kier molecular flexibility index (Phi) is 7.75. The predicted octanol–water partition coefficient (Wildman–Crippen LogP) is 10.6. The highest BCUT2D eigenvalue weighted by molar-refractivity contribution is 5.81. The van der Waals surface area contributed by atoms with Crippen LogP contribution in [0, 0.1) is 0 Å². The Morgan fingerprint density at radius 2 is 1.33 bits per heavy atom. The Hall–Kier alpha value is -4.89. The molecule has 0 N–H and O–H groups in total. The molecule has 1 fully saturated rings. The number of pyridine rings is 1. The fourth-order valence-corrected chi connectivity index (χ4v) is 7.70. The second kappa shape index (κ2) is 12.5. The Morgan fingerprint density at radius 1 is 0.587 bits per heavy atom. The van der Waals surface area contributed by atoms with Gasteiger partial charge in [0, 0.05) is 28.3 Å². The molecule has 3 aliphatic carbocycles.